The summed E-state index contributed by atoms with van der Waals surface area (Å²) in [5, 5.41) is 2.45. The van der Waals surface area contributed by atoms with Crippen LogP contribution in [0.5, 0.6) is 0 Å². The van der Waals surface area contributed by atoms with E-state index in [0.29, 0.717) is 23.6 Å². The van der Waals surface area contributed by atoms with E-state index in [-0.39, 0.29) is 5.82 Å². The number of hydrogen-bond donors (Lipinski definition) is 1. The molecule has 0 spiro atoms. The van der Waals surface area contributed by atoms with Crippen LogP contribution in [-0.4, -0.2) is 6.41 Å². The molecule has 2 nitrogen and oxygen atoms in total. The number of aryl methyl sites for hydroxylation is 2. The third-order valence-corrected chi connectivity index (χ3v) is 2.62. The first-order valence-electron chi connectivity index (χ1n) is 5.54. The van der Waals surface area contributed by atoms with E-state index in [0.717, 1.165) is 18.4 Å². The van der Waals surface area contributed by atoms with Gasteiger partial charge in [-0.3, -0.25) is 4.79 Å². The number of hydrogen-bond acceptors (Lipinski definition) is 1. The van der Waals surface area contributed by atoms with Crippen LogP contribution < -0.4 is 5.32 Å². The molecule has 1 aromatic rings. The molecule has 0 heterocycles. The topological polar surface area (TPSA) is 29.1 Å². The molecule has 0 bridgehead atoms. The molecule has 0 atom stereocenters. The van der Waals surface area contributed by atoms with Crippen molar-refractivity contribution >= 4 is 12.1 Å². The first kappa shape index (κ1) is 12.7. The van der Waals surface area contributed by atoms with Gasteiger partial charge in [0.1, 0.15) is 5.82 Å². The van der Waals surface area contributed by atoms with Crippen molar-refractivity contribution < 1.29 is 9.18 Å². The highest BCUT2D eigenvalue weighted by molar-refractivity contribution is 5.74. The number of halogens is 1. The number of benzene rings is 1. The largest absolute Gasteiger partial charge is 0.326 e. The molecular weight excluding hydrogens is 205 g/mol. The van der Waals surface area contributed by atoms with Crippen LogP contribution in [0.3, 0.4) is 0 Å². The zero-order valence-corrected chi connectivity index (χ0v) is 10.0. The molecule has 0 aliphatic heterocycles. The summed E-state index contributed by atoms with van der Waals surface area (Å²) >= 11 is 0. The second-order valence-electron chi connectivity index (χ2n) is 4.43. The van der Waals surface area contributed by atoms with E-state index in [9.17, 15) is 9.18 Å². The minimum Gasteiger partial charge on any atom is -0.326 e. The lowest BCUT2D eigenvalue weighted by Gasteiger charge is -2.12. The van der Waals surface area contributed by atoms with Crippen LogP contribution >= 0.6 is 0 Å². The van der Waals surface area contributed by atoms with Gasteiger partial charge in [-0.15, -0.1) is 0 Å². The van der Waals surface area contributed by atoms with Crippen LogP contribution in [-0.2, 0) is 11.2 Å². The van der Waals surface area contributed by atoms with Gasteiger partial charge in [0.25, 0.3) is 0 Å². The molecule has 3 heteroatoms. The van der Waals surface area contributed by atoms with Crippen molar-refractivity contribution in [2.24, 2.45) is 5.92 Å². The van der Waals surface area contributed by atoms with Crippen molar-refractivity contribution in [3.8, 4) is 0 Å². The molecule has 0 fully saturated rings. The minimum atomic E-state index is -0.326. The molecule has 0 aromatic heterocycles. The van der Waals surface area contributed by atoms with Crippen LogP contribution in [0.2, 0.25) is 0 Å². The summed E-state index contributed by atoms with van der Waals surface area (Å²) in [4.78, 5) is 10.5. The summed E-state index contributed by atoms with van der Waals surface area (Å²) in [7, 11) is 0. The van der Waals surface area contributed by atoms with E-state index in [2.05, 4.69) is 19.2 Å². The van der Waals surface area contributed by atoms with Gasteiger partial charge in [-0.2, -0.15) is 0 Å². The summed E-state index contributed by atoms with van der Waals surface area (Å²) in [5.41, 5.74) is 1.75. The maximum absolute atomic E-state index is 13.8. The fourth-order valence-electron chi connectivity index (χ4n) is 1.59. The SMILES string of the molecule is Cc1ccc(CCC(C)C)c(NC=O)c1F. The van der Waals surface area contributed by atoms with Gasteiger partial charge in [0, 0.05) is 0 Å². The van der Waals surface area contributed by atoms with Crippen molar-refractivity contribution in [2.75, 3.05) is 5.32 Å². The molecule has 16 heavy (non-hydrogen) atoms. The summed E-state index contributed by atoms with van der Waals surface area (Å²) < 4.78 is 13.8. The van der Waals surface area contributed by atoms with Gasteiger partial charge in [0.05, 0.1) is 5.69 Å². The molecule has 1 amide bonds. The molecule has 0 radical (unpaired) electrons. The number of amides is 1. The standard InChI is InChI=1S/C13H18FNO/c1-9(2)4-6-11-7-5-10(3)12(14)13(11)15-8-16/h5,7-9H,4,6H2,1-3H3,(H,15,16). The fourth-order valence-corrected chi connectivity index (χ4v) is 1.59. The molecule has 88 valence electrons. The molecule has 0 aliphatic carbocycles. The summed E-state index contributed by atoms with van der Waals surface area (Å²) in [6.07, 6.45) is 2.29. The second kappa shape index (κ2) is 5.64. The van der Waals surface area contributed by atoms with Gasteiger partial charge in [0.2, 0.25) is 6.41 Å². The zero-order chi connectivity index (χ0) is 12.1. The van der Waals surface area contributed by atoms with Crippen LogP contribution in [0, 0.1) is 18.7 Å². The van der Waals surface area contributed by atoms with Crippen LogP contribution in [0.4, 0.5) is 10.1 Å². The summed E-state index contributed by atoms with van der Waals surface area (Å²) in [6, 6.07) is 3.63. The lowest BCUT2D eigenvalue weighted by atomic mass is 9.99. The minimum absolute atomic E-state index is 0.326. The molecule has 0 unspecified atom stereocenters. The van der Waals surface area contributed by atoms with Gasteiger partial charge in [0.15, 0.2) is 0 Å². The average Bonchev–Trinajstić information content (AvgIpc) is 2.24. The van der Waals surface area contributed by atoms with Crippen LogP contribution in [0.25, 0.3) is 0 Å². The number of anilines is 1. The fraction of sp³-hybridized carbons (Fsp3) is 0.462. The van der Waals surface area contributed by atoms with Crippen molar-refractivity contribution in [1.29, 1.82) is 0 Å². The van der Waals surface area contributed by atoms with E-state index in [4.69, 9.17) is 0 Å². The molecular formula is C13H18FNO. The lowest BCUT2D eigenvalue weighted by Crippen LogP contribution is -2.04. The van der Waals surface area contributed by atoms with Crippen LogP contribution in [0.15, 0.2) is 12.1 Å². The Labute approximate surface area is 95.9 Å². The van der Waals surface area contributed by atoms with E-state index in [1.807, 2.05) is 6.07 Å². The van der Waals surface area contributed by atoms with Gasteiger partial charge >= 0.3 is 0 Å². The summed E-state index contributed by atoms with van der Waals surface area (Å²) in [6.45, 7) is 5.94. The van der Waals surface area contributed by atoms with Crippen LogP contribution in [0.1, 0.15) is 31.4 Å². The Kier molecular flexibility index (Phi) is 4.47. The van der Waals surface area contributed by atoms with Crippen molar-refractivity contribution in [1.82, 2.24) is 0 Å². The Balaban J connectivity index is 2.98. The highest BCUT2D eigenvalue weighted by atomic mass is 19.1. The predicted molar refractivity (Wildman–Crippen MR) is 64.0 cm³/mol. The predicted octanol–water partition coefficient (Wildman–Crippen LogP) is 3.29. The smallest absolute Gasteiger partial charge is 0.211 e. The third-order valence-electron chi connectivity index (χ3n) is 2.62. The van der Waals surface area contributed by atoms with E-state index < -0.39 is 0 Å². The molecule has 0 saturated heterocycles. The number of nitrogens with one attached hydrogen (secondary N) is 1. The molecule has 0 saturated carbocycles. The van der Waals surface area contributed by atoms with Gasteiger partial charge in [-0.1, -0.05) is 26.0 Å². The maximum Gasteiger partial charge on any atom is 0.211 e. The average molecular weight is 223 g/mol. The normalized spacial score (nSPS) is 10.6. The second-order valence-corrected chi connectivity index (χ2v) is 4.43. The van der Waals surface area contributed by atoms with Crippen molar-refractivity contribution in [3.63, 3.8) is 0 Å². The Morgan fingerprint density at radius 1 is 1.44 bits per heavy atom. The Bertz CT molecular complexity index is 374. The van der Waals surface area contributed by atoms with E-state index in [1.165, 1.54) is 0 Å². The highest BCUT2D eigenvalue weighted by Gasteiger charge is 2.10. The van der Waals surface area contributed by atoms with Crippen molar-refractivity contribution in [2.45, 2.75) is 33.6 Å². The number of rotatable bonds is 5. The number of carbonyl (C=O) groups excluding carboxylic acids is 1. The first-order chi connectivity index (χ1) is 7.56. The number of carbonyl (C=O) groups is 1. The Morgan fingerprint density at radius 2 is 2.12 bits per heavy atom. The molecule has 1 N–H and O–H groups in total. The van der Waals surface area contributed by atoms with Crippen molar-refractivity contribution in [3.05, 3.63) is 29.1 Å². The van der Waals surface area contributed by atoms with E-state index >= 15 is 0 Å². The molecule has 0 aliphatic rings. The van der Waals surface area contributed by atoms with Gasteiger partial charge < -0.3 is 5.32 Å². The van der Waals surface area contributed by atoms with E-state index in [1.54, 1.807) is 13.0 Å². The Morgan fingerprint density at radius 3 is 2.69 bits per heavy atom. The molecule has 1 rings (SSSR count). The zero-order valence-electron chi connectivity index (χ0n) is 10.0. The third kappa shape index (κ3) is 3.05. The highest BCUT2D eigenvalue weighted by Crippen LogP contribution is 2.24. The molecule has 1 aromatic carbocycles. The Hall–Kier alpha value is -1.38. The monoisotopic (exact) mass is 223 g/mol. The lowest BCUT2D eigenvalue weighted by molar-refractivity contribution is -0.105. The van der Waals surface area contributed by atoms with Gasteiger partial charge in [-0.05, 0) is 36.8 Å². The van der Waals surface area contributed by atoms with Gasteiger partial charge in [-0.25, -0.2) is 4.39 Å². The quantitative estimate of drug-likeness (QED) is 0.762. The first-order valence-corrected chi connectivity index (χ1v) is 5.54. The summed E-state index contributed by atoms with van der Waals surface area (Å²) in [5.74, 6) is 0.238. The maximum atomic E-state index is 13.8.